The third kappa shape index (κ3) is 4.42. The summed E-state index contributed by atoms with van der Waals surface area (Å²) in [5, 5.41) is 10.7. The van der Waals surface area contributed by atoms with E-state index >= 15 is 8.78 Å². The lowest BCUT2D eigenvalue weighted by molar-refractivity contribution is -0.129. The van der Waals surface area contributed by atoms with Gasteiger partial charge in [0.15, 0.2) is 5.82 Å². The highest BCUT2D eigenvalue weighted by Gasteiger charge is 2.41. The topological polar surface area (TPSA) is 87.9 Å². The lowest BCUT2D eigenvalue weighted by Crippen LogP contribution is -2.62. The lowest BCUT2D eigenvalue weighted by atomic mass is 9.97. The molecule has 1 amide bonds. The summed E-state index contributed by atoms with van der Waals surface area (Å²) in [4.78, 5) is 35.3. The molecule has 2 aliphatic heterocycles. The highest BCUT2D eigenvalue weighted by atomic mass is 35.5. The minimum atomic E-state index is -0.985. The molecule has 2 unspecified atom stereocenters. The number of phenols is 1. The van der Waals surface area contributed by atoms with Crippen molar-refractivity contribution in [3.05, 3.63) is 87.5 Å². The van der Waals surface area contributed by atoms with Crippen LogP contribution in [0.5, 0.6) is 11.5 Å². The average molecular weight is 621 g/mol. The van der Waals surface area contributed by atoms with E-state index in [0.717, 1.165) is 6.07 Å². The number of halogens is 3. The maximum Gasteiger partial charge on any atom is 0.300 e. The molecule has 6 rings (SSSR count). The van der Waals surface area contributed by atoms with Gasteiger partial charge in [0.25, 0.3) is 5.56 Å². The van der Waals surface area contributed by atoms with Crippen LogP contribution in [0.25, 0.3) is 27.7 Å². The monoisotopic (exact) mass is 620 g/mol. The van der Waals surface area contributed by atoms with Gasteiger partial charge in [-0.2, -0.15) is 0 Å². The van der Waals surface area contributed by atoms with Crippen LogP contribution in [0.3, 0.4) is 0 Å². The second-order valence-electron chi connectivity index (χ2n) is 11.6. The van der Waals surface area contributed by atoms with Gasteiger partial charge in [-0.25, -0.2) is 8.78 Å². The van der Waals surface area contributed by atoms with Crippen LogP contribution in [0.15, 0.2) is 54.0 Å². The molecule has 1 fully saturated rings. The fourth-order valence-corrected chi connectivity index (χ4v) is 6.68. The van der Waals surface area contributed by atoms with E-state index < -0.39 is 28.5 Å². The first kappa shape index (κ1) is 29.6. The minimum Gasteiger partial charge on any atom is -0.507 e. The largest absolute Gasteiger partial charge is 0.507 e. The molecule has 2 aliphatic rings. The van der Waals surface area contributed by atoms with E-state index in [1.54, 1.807) is 24.1 Å². The Morgan fingerprint density at radius 1 is 1.20 bits per heavy atom. The predicted molar refractivity (Wildman–Crippen MR) is 166 cm³/mol. The van der Waals surface area contributed by atoms with Gasteiger partial charge < -0.3 is 19.6 Å². The van der Waals surface area contributed by atoms with Crippen molar-refractivity contribution in [2.24, 2.45) is 0 Å². The fraction of sp³-hybridized carbons (Fsp3) is 0.303. The van der Waals surface area contributed by atoms with Crippen LogP contribution in [-0.4, -0.2) is 57.2 Å². The van der Waals surface area contributed by atoms with Crippen LogP contribution in [0.2, 0.25) is 5.02 Å². The highest BCUT2D eigenvalue weighted by molar-refractivity contribution is 6.34. The average Bonchev–Trinajstić information content (AvgIpc) is 2.98. The third-order valence-corrected chi connectivity index (χ3v) is 8.75. The Bertz CT molecular complexity index is 1900. The van der Waals surface area contributed by atoms with Crippen molar-refractivity contribution in [3.63, 3.8) is 0 Å². The first-order valence-corrected chi connectivity index (χ1v) is 14.7. The molecule has 0 radical (unpaired) electrons. The number of pyridine rings is 2. The van der Waals surface area contributed by atoms with Gasteiger partial charge in [-0.1, -0.05) is 38.1 Å². The predicted octanol–water partition coefficient (Wildman–Crippen LogP) is 6.11. The molecule has 44 heavy (non-hydrogen) atoms. The van der Waals surface area contributed by atoms with E-state index in [0.29, 0.717) is 35.7 Å². The number of fused-ring (bicyclic) bond motifs is 5. The summed E-state index contributed by atoms with van der Waals surface area (Å²) >= 11 is 6.73. The second kappa shape index (κ2) is 10.9. The van der Waals surface area contributed by atoms with Gasteiger partial charge in [0.2, 0.25) is 11.7 Å². The number of anilines is 1. The Hall–Kier alpha value is -4.44. The van der Waals surface area contributed by atoms with Gasteiger partial charge in [-0.05, 0) is 55.7 Å². The van der Waals surface area contributed by atoms with Crippen molar-refractivity contribution < 1.29 is 23.4 Å². The summed E-state index contributed by atoms with van der Waals surface area (Å²) < 4.78 is 39.7. The molecule has 228 valence electrons. The van der Waals surface area contributed by atoms with E-state index in [1.165, 1.54) is 28.8 Å². The van der Waals surface area contributed by atoms with Crippen molar-refractivity contribution in [2.75, 3.05) is 24.6 Å². The van der Waals surface area contributed by atoms with Crippen LogP contribution in [0.1, 0.15) is 37.9 Å². The number of carbonyl (C=O) groups excluding carboxylic acids is 1. The van der Waals surface area contributed by atoms with Gasteiger partial charge in [0.1, 0.15) is 18.2 Å². The highest BCUT2D eigenvalue weighted by Crippen LogP contribution is 2.47. The molecule has 0 saturated carbocycles. The molecule has 1 saturated heterocycles. The summed E-state index contributed by atoms with van der Waals surface area (Å²) in [7, 11) is 0. The van der Waals surface area contributed by atoms with Crippen LogP contribution < -0.4 is 15.2 Å². The number of rotatable bonds is 4. The standard InChI is InChI=1S/C33H31ClF2N4O4/c1-6-24(42)38-14-19-15-44-32-31(39(19)13-18(38)5)20-12-21(34)25(26-22(35)8-7-9-23(26)41)27(36)30(20)40(33(32)43)29-17(4)10-11-37-28(29)16(2)3/h6-12,16,18-19,41H,1,13-15H2,2-5H3. The van der Waals surface area contributed by atoms with E-state index in [-0.39, 0.29) is 57.8 Å². The molecule has 1 N–H and O–H groups in total. The van der Waals surface area contributed by atoms with Gasteiger partial charge in [0.05, 0.1) is 39.2 Å². The molecule has 2 aromatic carbocycles. The summed E-state index contributed by atoms with van der Waals surface area (Å²) in [6.07, 6.45) is 2.89. The maximum absolute atomic E-state index is 17.2. The zero-order valence-electron chi connectivity index (χ0n) is 24.7. The SMILES string of the molecule is C=CC(=O)N1CC2COc3c(c4cc(Cl)c(-c5c(O)cccc5F)c(F)c4n(-c4c(C)ccnc4C(C)C)c3=O)N2CC1C. The number of hydrogen-bond acceptors (Lipinski definition) is 6. The molecule has 8 nitrogen and oxygen atoms in total. The Labute approximate surface area is 257 Å². The number of amides is 1. The van der Waals surface area contributed by atoms with Gasteiger partial charge in [0, 0.05) is 36.3 Å². The molecule has 0 aliphatic carbocycles. The number of phenolic OH excluding ortho intramolecular Hbond substituents is 1. The molecule has 2 aromatic heterocycles. The molecule has 2 atom stereocenters. The Morgan fingerprint density at radius 3 is 2.64 bits per heavy atom. The fourth-order valence-electron chi connectivity index (χ4n) is 6.40. The van der Waals surface area contributed by atoms with Crippen LogP contribution in [0.4, 0.5) is 14.5 Å². The minimum absolute atomic E-state index is 0.0133. The van der Waals surface area contributed by atoms with E-state index in [1.807, 2.05) is 25.7 Å². The maximum atomic E-state index is 17.2. The third-order valence-electron chi connectivity index (χ3n) is 8.46. The number of hydrogen-bond donors (Lipinski definition) is 1. The number of carbonyl (C=O) groups is 1. The molecule has 4 aromatic rings. The normalized spacial score (nSPS) is 17.8. The second-order valence-corrected chi connectivity index (χ2v) is 12.0. The first-order chi connectivity index (χ1) is 21.0. The smallest absolute Gasteiger partial charge is 0.300 e. The van der Waals surface area contributed by atoms with Crippen molar-refractivity contribution in [3.8, 4) is 28.3 Å². The Balaban J connectivity index is 1.75. The first-order valence-electron chi connectivity index (χ1n) is 14.3. The van der Waals surface area contributed by atoms with Crippen LogP contribution >= 0.6 is 11.6 Å². The number of nitrogens with zero attached hydrogens (tertiary/aromatic N) is 4. The molecular formula is C33H31ClF2N4O4. The van der Waals surface area contributed by atoms with Crippen molar-refractivity contribution in [2.45, 2.75) is 45.7 Å². The zero-order chi connectivity index (χ0) is 31.6. The molecular weight excluding hydrogens is 590 g/mol. The van der Waals surface area contributed by atoms with E-state index in [4.69, 9.17) is 16.3 Å². The van der Waals surface area contributed by atoms with Crippen LogP contribution in [0, 0.1) is 18.6 Å². The van der Waals surface area contributed by atoms with E-state index in [2.05, 4.69) is 11.6 Å². The van der Waals surface area contributed by atoms with Gasteiger partial charge in [-0.3, -0.25) is 19.1 Å². The number of aromatic hydroxyl groups is 1. The molecule has 11 heteroatoms. The van der Waals surface area contributed by atoms with Crippen LogP contribution in [-0.2, 0) is 4.79 Å². The van der Waals surface area contributed by atoms with Crippen molar-refractivity contribution in [1.29, 1.82) is 0 Å². The molecule has 0 spiro atoms. The Morgan fingerprint density at radius 2 is 1.95 bits per heavy atom. The number of aromatic nitrogens is 2. The van der Waals surface area contributed by atoms with Gasteiger partial charge >= 0.3 is 0 Å². The lowest BCUT2D eigenvalue weighted by Gasteiger charge is -2.48. The molecule has 0 bridgehead atoms. The zero-order valence-corrected chi connectivity index (χ0v) is 25.5. The van der Waals surface area contributed by atoms with E-state index in [9.17, 15) is 14.7 Å². The number of piperazine rings is 1. The van der Waals surface area contributed by atoms with Crippen molar-refractivity contribution >= 4 is 34.1 Å². The summed E-state index contributed by atoms with van der Waals surface area (Å²) in [6, 6.07) is 6.24. The number of benzene rings is 2. The summed E-state index contributed by atoms with van der Waals surface area (Å²) in [5.74, 6) is -2.72. The summed E-state index contributed by atoms with van der Waals surface area (Å²) in [5.41, 5.74) is 0.366. The Kier molecular flexibility index (Phi) is 7.36. The number of ether oxygens (including phenoxy) is 1. The quantitative estimate of drug-likeness (QED) is 0.277. The number of aryl methyl sites for hydroxylation is 1. The van der Waals surface area contributed by atoms with Gasteiger partial charge in [-0.15, -0.1) is 0 Å². The summed E-state index contributed by atoms with van der Waals surface area (Å²) in [6.45, 7) is 11.9. The van der Waals surface area contributed by atoms with Crippen molar-refractivity contribution in [1.82, 2.24) is 14.5 Å². The molecule has 4 heterocycles.